The molecule has 0 saturated heterocycles. The monoisotopic (exact) mass is 237 g/mol. The lowest BCUT2D eigenvalue weighted by Crippen LogP contribution is -2.59. The van der Waals surface area contributed by atoms with Gasteiger partial charge in [0.1, 0.15) is 0 Å². The third kappa shape index (κ3) is 1.96. The van der Waals surface area contributed by atoms with Crippen molar-refractivity contribution in [3.05, 3.63) is 0 Å². The highest BCUT2D eigenvalue weighted by atomic mass is 35.5. The Morgan fingerprint density at radius 1 is 0.769 bits per heavy atom. The van der Waals surface area contributed by atoms with E-state index in [0.29, 0.717) is 0 Å². The second-order valence-electron chi connectivity index (χ2n) is 1.85. The van der Waals surface area contributed by atoms with E-state index in [1.54, 1.807) is 0 Å². The maximum absolute atomic E-state index is 12.1. The van der Waals surface area contributed by atoms with E-state index in [0.717, 1.165) is 0 Å². The highest BCUT2D eigenvalue weighted by molar-refractivity contribution is 6.13. The largest absolute Gasteiger partial charge is 0.450 e. The summed E-state index contributed by atoms with van der Waals surface area (Å²) in [6.07, 6.45) is -13.0. The van der Waals surface area contributed by atoms with Crippen molar-refractivity contribution in [2.24, 2.45) is 0 Å². The minimum Gasteiger partial charge on any atom is -0.201 e. The molecule has 0 unspecified atom stereocenters. The zero-order valence-electron chi connectivity index (χ0n) is 5.35. The Labute approximate surface area is 70.9 Å². The first-order valence-electron chi connectivity index (χ1n) is 2.38. The SMILES string of the molecule is FN(Cl)C(F)(C(F)(F)F)C(F)(F)F. The molecule has 0 aromatic carbocycles. The molecule has 0 radical (unpaired) electrons. The van der Waals surface area contributed by atoms with Crippen molar-refractivity contribution in [1.82, 2.24) is 4.64 Å². The summed E-state index contributed by atoms with van der Waals surface area (Å²) in [6, 6.07) is 0. The normalized spacial score (nSPS) is 15.2. The van der Waals surface area contributed by atoms with Crippen LogP contribution in [-0.2, 0) is 0 Å². The maximum atomic E-state index is 12.1. The van der Waals surface area contributed by atoms with E-state index in [-0.39, 0.29) is 0 Å². The van der Waals surface area contributed by atoms with E-state index in [1.165, 1.54) is 0 Å². The molecule has 0 bridgehead atoms. The Balaban J connectivity index is 5.22. The molecule has 0 spiro atoms. The van der Waals surface area contributed by atoms with Crippen LogP contribution in [0.15, 0.2) is 0 Å². The van der Waals surface area contributed by atoms with Gasteiger partial charge >= 0.3 is 18.1 Å². The van der Waals surface area contributed by atoms with Gasteiger partial charge in [-0.3, -0.25) is 0 Å². The first-order valence-corrected chi connectivity index (χ1v) is 2.72. The zero-order valence-corrected chi connectivity index (χ0v) is 6.10. The molecule has 0 aliphatic rings. The van der Waals surface area contributed by atoms with Gasteiger partial charge < -0.3 is 0 Å². The second kappa shape index (κ2) is 3.12. The summed E-state index contributed by atoms with van der Waals surface area (Å²) in [5, 5.41) is 0. The molecular weight excluding hydrogens is 237 g/mol. The van der Waals surface area contributed by atoms with Gasteiger partial charge in [-0.1, -0.05) is 0 Å². The molecule has 0 atom stereocenters. The summed E-state index contributed by atoms with van der Waals surface area (Å²) in [4.78, 5) is 0. The molecule has 0 aliphatic heterocycles. The lowest BCUT2D eigenvalue weighted by atomic mass is 10.2. The van der Waals surface area contributed by atoms with E-state index in [9.17, 15) is 35.2 Å². The number of rotatable bonds is 1. The lowest BCUT2D eigenvalue weighted by molar-refractivity contribution is -0.396. The smallest absolute Gasteiger partial charge is 0.201 e. The fourth-order valence-corrected chi connectivity index (χ4v) is 0.544. The predicted octanol–water partition coefficient (Wildman–Crippen LogP) is 3.12. The van der Waals surface area contributed by atoms with E-state index < -0.39 is 22.8 Å². The third-order valence-corrected chi connectivity index (χ3v) is 1.22. The average Bonchev–Trinajstić information content (AvgIpc) is 1.80. The maximum Gasteiger partial charge on any atom is 0.450 e. The molecule has 0 aliphatic carbocycles. The van der Waals surface area contributed by atoms with Crippen molar-refractivity contribution < 1.29 is 35.2 Å². The van der Waals surface area contributed by atoms with E-state index in [2.05, 4.69) is 11.8 Å². The topological polar surface area (TPSA) is 3.24 Å². The Hall–Kier alpha value is -0.310. The number of hydrogen-bond acceptors (Lipinski definition) is 1. The summed E-state index contributed by atoms with van der Waals surface area (Å²) < 4.78 is 89.4. The fourth-order valence-electron chi connectivity index (χ4n) is 0.352. The number of nitrogens with zero attached hydrogens (tertiary/aromatic N) is 1. The van der Waals surface area contributed by atoms with Gasteiger partial charge in [0.25, 0.3) is 0 Å². The van der Waals surface area contributed by atoms with Crippen LogP contribution in [0.4, 0.5) is 35.2 Å². The molecule has 0 heterocycles. The molecule has 0 N–H and O–H groups in total. The van der Waals surface area contributed by atoms with Crippen LogP contribution < -0.4 is 0 Å². The minimum atomic E-state index is -6.51. The first kappa shape index (κ1) is 12.7. The predicted molar refractivity (Wildman–Crippen MR) is 24.7 cm³/mol. The molecule has 0 saturated carbocycles. The van der Waals surface area contributed by atoms with Crippen molar-refractivity contribution in [3.8, 4) is 0 Å². The summed E-state index contributed by atoms with van der Waals surface area (Å²) in [6.45, 7) is 0. The van der Waals surface area contributed by atoms with Gasteiger partial charge in [-0.25, -0.2) is 4.39 Å². The van der Waals surface area contributed by atoms with Gasteiger partial charge in [-0.2, -0.15) is 26.3 Å². The fraction of sp³-hybridized carbons (Fsp3) is 1.00. The van der Waals surface area contributed by atoms with Crippen LogP contribution in [-0.4, -0.2) is 22.8 Å². The van der Waals surface area contributed by atoms with Gasteiger partial charge in [-0.15, -0.1) is 4.48 Å². The molecule has 0 rings (SSSR count). The minimum absolute atomic E-state index is 2.59. The molecule has 13 heavy (non-hydrogen) atoms. The van der Waals surface area contributed by atoms with Gasteiger partial charge in [0.15, 0.2) is 0 Å². The van der Waals surface area contributed by atoms with Gasteiger partial charge in [0.2, 0.25) is 0 Å². The van der Waals surface area contributed by atoms with Gasteiger partial charge in [0, 0.05) is 16.4 Å². The van der Waals surface area contributed by atoms with Crippen LogP contribution in [0.1, 0.15) is 0 Å². The van der Waals surface area contributed by atoms with Crippen LogP contribution in [0.5, 0.6) is 0 Å². The molecule has 0 aromatic heterocycles. The summed E-state index contributed by atoms with van der Waals surface area (Å²) in [5.41, 5.74) is 0. The average molecular weight is 237 g/mol. The van der Waals surface area contributed by atoms with Crippen molar-refractivity contribution in [2.45, 2.75) is 18.1 Å². The molecular formula is C3ClF8N. The highest BCUT2D eigenvalue weighted by Crippen LogP contribution is 2.49. The number of alkyl halides is 7. The van der Waals surface area contributed by atoms with E-state index in [4.69, 9.17) is 0 Å². The van der Waals surface area contributed by atoms with Crippen molar-refractivity contribution in [2.75, 3.05) is 0 Å². The summed E-state index contributed by atoms with van der Waals surface area (Å²) in [7, 11) is 0. The Kier molecular flexibility index (Phi) is 3.05. The van der Waals surface area contributed by atoms with Crippen LogP contribution in [0, 0.1) is 0 Å². The molecule has 1 nitrogen and oxygen atoms in total. The zero-order chi connectivity index (χ0) is 11.1. The Morgan fingerprint density at radius 3 is 1.00 bits per heavy atom. The van der Waals surface area contributed by atoms with Gasteiger partial charge in [0.05, 0.1) is 0 Å². The third-order valence-electron chi connectivity index (χ3n) is 0.984. The van der Waals surface area contributed by atoms with E-state index >= 15 is 0 Å². The molecule has 80 valence electrons. The first-order chi connectivity index (χ1) is 5.44. The Morgan fingerprint density at radius 2 is 1.00 bits per heavy atom. The van der Waals surface area contributed by atoms with Crippen molar-refractivity contribution >= 4 is 11.8 Å². The summed E-state index contributed by atoms with van der Waals surface area (Å²) in [5.74, 6) is -6.19. The lowest BCUT2D eigenvalue weighted by Gasteiger charge is -2.29. The quantitative estimate of drug-likeness (QED) is 0.385. The van der Waals surface area contributed by atoms with Crippen molar-refractivity contribution in [3.63, 3.8) is 0 Å². The standard InChI is InChI=1S/C3ClF8N/c4-13(12)1(5,2(6,7)8)3(9,10)11. The number of hydrogen-bond donors (Lipinski definition) is 0. The molecule has 10 heteroatoms. The van der Waals surface area contributed by atoms with Crippen LogP contribution in [0.2, 0.25) is 0 Å². The van der Waals surface area contributed by atoms with Crippen LogP contribution >= 0.6 is 11.8 Å². The molecule has 0 fully saturated rings. The second-order valence-corrected chi connectivity index (χ2v) is 2.15. The number of halogens is 9. The van der Waals surface area contributed by atoms with E-state index in [1.807, 2.05) is 0 Å². The van der Waals surface area contributed by atoms with Crippen LogP contribution in [0.3, 0.4) is 0 Å². The van der Waals surface area contributed by atoms with Crippen molar-refractivity contribution in [1.29, 1.82) is 0 Å². The Bertz CT molecular complexity index is 167. The molecule has 0 amide bonds. The molecule has 0 aromatic rings. The highest BCUT2D eigenvalue weighted by Gasteiger charge is 2.77. The van der Waals surface area contributed by atoms with Gasteiger partial charge in [-0.05, 0) is 0 Å². The van der Waals surface area contributed by atoms with Crippen LogP contribution in [0.25, 0.3) is 0 Å². The summed E-state index contributed by atoms with van der Waals surface area (Å²) >= 11 is 3.71.